The third-order valence-electron chi connectivity index (χ3n) is 5.17. The highest BCUT2D eigenvalue weighted by Crippen LogP contribution is 2.46. The lowest BCUT2D eigenvalue weighted by Gasteiger charge is -2.23. The molecule has 1 amide bonds. The molecule has 1 fully saturated rings. The van der Waals surface area contributed by atoms with Gasteiger partial charge in [-0.1, -0.05) is 18.2 Å². The minimum Gasteiger partial charge on any atom is -0.384 e. The summed E-state index contributed by atoms with van der Waals surface area (Å²) in [5.74, 6) is 0.426. The quantitative estimate of drug-likeness (QED) is 0.586. The van der Waals surface area contributed by atoms with Crippen molar-refractivity contribution in [2.45, 2.75) is 24.8 Å². The van der Waals surface area contributed by atoms with Crippen LogP contribution < -0.4 is 16.4 Å². The van der Waals surface area contributed by atoms with Crippen molar-refractivity contribution in [1.82, 2.24) is 15.3 Å². The third-order valence-corrected chi connectivity index (χ3v) is 5.17. The molecular weight excluding hydrogens is 326 g/mol. The number of nitrogens with one attached hydrogen (secondary N) is 3. The summed E-state index contributed by atoms with van der Waals surface area (Å²) in [5.41, 5.74) is 11.0. The number of hydrogen-bond acceptors (Lipinski definition) is 4. The number of nitrogen functional groups attached to an aromatic ring is 1. The molecule has 0 unspecified atom stereocenters. The number of nitrogens with zero attached hydrogens (tertiary/aromatic N) is 1. The van der Waals surface area contributed by atoms with Gasteiger partial charge in [-0.15, -0.1) is 0 Å². The molecule has 3 heterocycles. The Morgan fingerprint density at radius 3 is 2.69 bits per heavy atom. The molecular formula is C20H19N5O. The fraction of sp³-hybridized carbons (Fsp3) is 0.200. The van der Waals surface area contributed by atoms with E-state index in [1.165, 1.54) is 0 Å². The first-order valence-corrected chi connectivity index (χ1v) is 8.75. The van der Waals surface area contributed by atoms with Crippen molar-refractivity contribution in [3.8, 4) is 11.3 Å². The van der Waals surface area contributed by atoms with Crippen molar-refractivity contribution >= 4 is 23.1 Å². The van der Waals surface area contributed by atoms with Crippen LogP contribution in [0.25, 0.3) is 11.3 Å². The number of anilines is 3. The minimum atomic E-state index is -0.0481. The number of para-hydroxylation sites is 1. The molecule has 5 rings (SSSR count). The number of carbonyl (C=O) groups is 1. The third kappa shape index (κ3) is 2.42. The number of aromatic amines is 1. The maximum atomic E-state index is 12.9. The van der Waals surface area contributed by atoms with Crippen LogP contribution >= 0.6 is 0 Å². The lowest BCUT2D eigenvalue weighted by Crippen LogP contribution is -2.43. The Morgan fingerprint density at radius 1 is 1.15 bits per heavy atom. The first-order valence-electron chi connectivity index (χ1n) is 8.75. The van der Waals surface area contributed by atoms with E-state index < -0.39 is 0 Å². The van der Waals surface area contributed by atoms with Crippen molar-refractivity contribution in [3.05, 3.63) is 59.9 Å². The number of rotatable bonds is 3. The molecule has 26 heavy (non-hydrogen) atoms. The number of carbonyl (C=O) groups excluding carboxylic acids is 1. The zero-order valence-electron chi connectivity index (χ0n) is 14.2. The number of aromatic nitrogens is 2. The van der Waals surface area contributed by atoms with Crippen LogP contribution in [0.1, 0.15) is 28.9 Å². The summed E-state index contributed by atoms with van der Waals surface area (Å²) in [4.78, 5) is 20.4. The van der Waals surface area contributed by atoms with E-state index >= 15 is 0 Å². The van der Waals surface area contributed by atoms with Gasteiger partial charge in [-0.2, -0.15) is 0 Å². The summed E-state index contributed by atoms with van der Waals surface area (Å²) in [5, 5.41) is 6.61. The van der Waals surface area contributed by atoms with Crippen LogP contribution in [0.5, 0.6) is 0 Å². The summed E-state index contributed by atoms with van der Waals surface area (Å²) in [6.07, 6.45) is 4.59. The van der Waals surface area contributed by atoms with Gasteiger partial charge in [0.25, 0.3) is 5.91 Å². The summed E-state index contributed by atoms with van der Waals surface area (Å²) in [7, 11) is 0. The van der Waals surface area contributed by atoms with E-state index in [1.807, 2.05) is 42.5 Å². The maximum absolute atomic E-state index is 12.9. The molecule has 6 heteroatoms. The summed E-state index contributed by atoms with van der Waals surface area (Å²) >= 11 is 0. The SMILES string of the molecule is Nc1cc(-c2[nH]c3c(c2Nc2ccccc2)C(=O)NC2(CC2)C3)ccn1. The zero-order valence-corrected chi connectivity index (χ0v) is 14.2. The number of fused-ring (bicyclic) bond motifs is 1. The second-order valence-corrected chi connectivity index (χ2v) is 7.10. The Balaban J connectivity index is 1.67. The van der Waals surface area contributed by atoms with Gasteiger partial charge in [-0.3, -0.25) is 4.79 Å². The van der Waals surface area contributed by atoms with Gasteiger partial charge in [-0.05, 0) is 37.1 Å². The van der Waals surface area contributed by atoms with E-state index in [4.69, 9.17) is 5.73 Å². The van der Waals surface area contributed by atoms with Crippen molar-refractivity contribution in [1.29, 1.82) is 0 Å². The second kappa shape index (κ2) is 5.36. The summed E-state index contributed by atoms with van der Waals surface area (Å²) in [6, 6.07) is 13.6. The number of pyridine rings is 1. The second-order valence-electron chi connectivity index (χ2n) is 7.10. The molecule has 1 aliphatic heterocycles. The van der Waals surface area contributed by atoms with Crippen molar-refractivity contribution in [2.75, 3.05) is 11.1 Å². The molecule has 1 saturated carbocycles. The molecule has 2 aliphatic rings. The number of amides is 1. The lowest BCUT2D eigenvalue weighted by atomic mass is 9.99. The first kappa shape index (κ1) is 15.0. The molecule has 1 aromatic carbocycles. The van der Waals surface area contributed by atoms with Crippen LogP contribution in [0.3, 0.4) is 0 Å². The molecule has 6 nitrogen and oxygen atoms in total. The molecule has 3 aromatic rings. The van der Waals surface area contributed by atoms with Gasteiger partial charge in [0, 0.05) is 35.1 Å². The van der Waals surface area contributed by atoms with Crippen LogP contribution in [0, 0.1) is 0 Å². The number of H-pyrrole nitrogens is 1. The standard InChI is InChI=1S/C20H19N5O/c21-15-10-12(6-9-22-15)17-18(23-13-4-2-1-3-5-13)16-14(24-17)11-20(7-8-20)25-19(16)26/h1-6,9-10,23-24H,7-8,11H2,(H2,21,22)(H,25,26). The van der Waals surface area contributed by atoms with E-state index in [2.05, 4.69) is 20.6 Å². The molecule has 0 radical (unpaired) electrons. The molecule has 1 aliphatic carbocycles. The molecule has 0 bridgehead atoms. The van der Waals surface area contributed by atoms with Gasteiger partial charge in [0.05, 0.1) is 16.9 Å². The van der Waals surface area contributed by atoms with Crippen molar-refractivity contribution in [2.24, 2.45) is 0 Å². The predicted octanol–water partition coefficient (Wildman–Crippen LogP) is 3.22. The van der Waals surface area contributed by atoms with Crippen LogP contribution in [-0.4, -0.2) is 21.4 Å². The monoisotopic (exact) mass is 345 g/mol. The van der Waals surface area contributed by atoms with Gasteiger partial charge in [0.15, 0.2) is 0 Å². The highest BCUT2D eigenvalue weighted by Gasteiger charge is 2.49. The van der Waals surface area contributed by atoms with Gasteiger partial charge in [0.2, 0.25) is 0 Å². The average molecular weight is 345 g/mol. The van der Waals surface area contributed by atoms with Gasteiger partial charge in [-0.25, -0.2) is 4.98 Å². The van der Waals surface area contributed by atoms with Crippen LogP contribution in [-0.2, 0) is 6.42 Å². The predicted molar refractivity (Wildman–Crippen MR) is 101 cm³/mol. The van der Waals surface area contributed by atoms with Crippen LogP contribution in [0.2, 0.25) is 0 Å². The lowest BCUT2D eigenvalue weighted by molar-refractivity contribution is 0.0919. The van der Waals surface area contributed by atoms with E-state index in [9.17, 15) is 4.79 Å². The first-order chi connectivity index (χ1) is 12.6. The molecule has 0 atom stereocenters. The zero-order chi connectivity index (χ0) is 17.7. The molecule has 5 N–H and O–H groups in total. The van der Waals surface area contributed by atoms with E-state index in [0.717, 1.165) is 47.6 Å². The van der Waals surface area contributed by atoms with Crippen molar-refractivity contribution < 1.29 is 4.79 Å². The van der Waals surface area contributed by atoms with Crippen LogP contribution in [0.4, 0.5) is 17.2 Å². The number of nitrogens with two attached hydrogens (primary N) is 1. The Morgan fingerprint density at radius 2 is 1.96 bits per heavy atom. The normalized spacial score (nSPS) is 16.8. The van der Waals surface area contributed by atoms with Gasteiger partial charge in [0.1, 0.15) is 5.82 Å². The molecule has 2 aromatic heterocycles. The van der Waals surface area contributed by atoms with Gasteiger partial charge < -0.3 is 21.4 Å². The Bertz CT molecular complexity index is 1000. The summed E-state index contributed by atoms with van der Waals surface area (Å²) < 4.78 is 0. The fourth-order valence-corrected chi connectivity index (χ4v) is 3.68. The van der Waals surface area contributed by atoms with Crippen LogP contribution in [0.15, 0.2) is 48.7 Å². The Labute approximate surface area is 150 Å². The largest absolute Gasteiger partial charge is 0.384 e. The molecule has 130 valence electrons. The van der Waals surface area contributed by atoms with Gasteiger partial charge >= 0.3 is 0 Å². The maximum Gasteiger partial charge on any atom is 0.255 e. The van der Waals surface area contributed by atoms with E-state index in [0.29, 0.717) is 11.4 Å². The number of hydrogen-bond donors (Lipinski definition) is 4. The molecule has 1 spiro atoms. The van der Waals surface area contributed by atoms with E-state index in [1.54, 1.807) is 6.20 Å². The minimum absolute atomic E-state index is 0.0216. The molecule has 0 saturated heterocycles. The van der Waals surface area contributed by atoms with E-state index in [-0.39, 0.29) is 11.4 Å². The summed E-state index contributed by atoms with van der Waals surface area (Å²) in [6.45, 7) is 0. The fourth-order valence-electron chi connectivity index (χ4n) is 3.68. The Hall–Kier alpha value is -3.28. The number of benzene rings is 1. The topological polar surface area (TPSA) is 95.8 Å². The van der Waals surface area contributed by atoms with Crippen molar-refractivity contribution in [3.63, 3.8) is 0 Å². The Kier molecular flexibility index (Phi) is 3.09. The highest BCUT2D eigenvalue weighted by atomic mass is 16.2. The highest BCUT2D eigenvalue weighted by molar-refractivity contribution is 6.07. The average Bonchev–Trinajstić information content (AvgIpc) is 3.26. The smallest absolute Gasteiger partial charge is 0.255 e.